The van der Waals surface area contributed by atoms with E-state index in [-0.39, 0.29) is 0 Å². The second-order valence-corrected chi connectivity index (χ2v) is 6.64. The Hall–Kier alpha value is -2.58. The summed E-state index contributed by atoms with van der Waals surface area (Å²) in [6, 6.07) is 31.8. The van der Waals surface area contributed by atoms with E-state index >= 15 is 0 Å². The lowest BCUT2D eigenvalue weighted by atomic mass is 9.88. The Balaban J connectivity index is 1.53. The van der Waals surface area contributed by atoms with Crippen molar-refractivity contribution in [2.75, 3.05) is 13.2 Å². The minimum Gasteiger partial charge on any atom is -0.492 e. The van der Waals surface area contributed by atoms with Gasteiger partial charge in [0.2, 0.25) is 0 Å². The van der Waals surface area contributed by atoms with Crippen molar-refractivity contribution in [1.29, 1.82) is 0 Å². The summed E-state index contributed by atoms with van der Waals surface area (Å²) < 4.78 is 5.83. The first-order valence-corrected chi connectivity index (χ1v) is 9.34. The van der Waals surface area contributed by atoms with Crippen LogP contribution in [0.3, 0.4) is 0 Å². The summed E-state index contributed by atoms with van der Waals surface area (Å²) in [6.45, 7) is 3.79. The highest BCUT2D eigenvalue weighted by Crippen LogP contribution is 2.27. The van der Waals surface area contributed by atoms with Crippen LogP contribution in [0, 0.1) is 0 Å². The molecule has 0 aliphatic rings. The van der Waals surface area contributed by atoms with Crippen molar-refractivity contribution in [3.8, 4) is 5.75 Å². The van der Waals surface area contributed by atoms with Gasteiger partial charge in [0.1, 0.15) is 12.4 Å². The van der Waals surface area contributed by atoms with Crippen molar-refractivity contribution < 1.29 is 4.74 Å². The van der Waals surface area contributed by atoms with Crippen LogP contribution in [-0.2, 0) is 0 Å². The van der Waals surface area contributed by atoms with Crippen LogP contribution in [0.2, 0.25) is 0 Å². The fourth-order valence-corrected chi connectivity index (χ4v) is 3.17. The third-order valence-electron chi connectivity index (χ3n) is 4.57. The summed E-state index contributed by atoms with van der Waals surface area (Å²) in [4.78, 5) is 0. The Labute approximate surface area is 156 Å². The van der Waals surface area contributed by atoms with Crippen molar-refractivity contribution in [3.05, 3.63) is 102 Å². The fraction of sp³-hybridized carbons (Fsp3) is 0.250. The SMILES string of the molecule is CC(COc1ccccc1)NCCC(c1ccccc1)c1ccccc1. The predicted molar refractivity (Wildman–Crippen MR) is 109 cm³/mol. The van der Waals surface area contributed by atoms with Gasteiger partial charge in [-0.15, -0.1) is 0 Å². The normalized spacial score (nSPS) is 12.1. The van der Waals surface area contributed by atoms with Gasteiger partial charge in [0.05, 0.1) is 0 Å². The van der Waals surface area contributed by atoms with Crippen LogP contribution in [0.1, 0.15) is 30.4 Å². The maximum Gasteiger partial charge on any atom is 0.119 e. The highest BCUT2D eigenvalue weighted by Gasteiger charge is 2.14. The van der Waals surface area contributed by atoms with Gasteiger partial charge in [-0.2, -0.15) is 0 Å². The lowest BCUT2D eigenvalue weighted by molar-refractivity contribution is 0.272. The molecule has 2 heteroatoms. The molecule has 0 heterocycles. The Bertz CT molecular complexity index is 703. The first kappa shape index (κ1) is 18.2. The topological polar surface area (TPSA) is 21.3 Å². The molecule has 0 aliphatic heterocycles. The zero-order chi connectivity index (χ0) is 18.0. The van der Waals surface area contributed by atoms with Crippen molar-refractivity contribution >= 4 is 0 Å². The molecule has 3 aromatic rings. The third kappa shape index (κ3) is 5.47. The van der Waals surface area contributed by atoms with Gasteiger partial charge in [0.25, 0.3) is 0 Å². The molecule has 0 bridgehead atoms. The van der Waals surface area contributed by atoms with E-state index in [0.717, 1.165) is 18.7 Å². The molecule has 3 aromatic carbocycles. The van der Waals surface area contributed by atoms with E-state index in [1.54, 1.807) is 0 Å². The molecule has 0 spiro atoms. The van der Waals surface area contributed by atoms with Crippen molar-refractivity contribution in [3.63, 3.8) is 0 Å². The molecule has 1 N–H and O–H groups in total. The van der Waals surface area contributed by atoms with Crippen LogP contribution in [-0.4, -0.2) is 19.2 Å². The number of nitrogens with one attached hydrogen (secondary N) is 1. The highest BCUT2D eigenvalue weighted by molar-refractivity contribution is 5.32. The van der Waals surface area contributed by atoms with E-state index < -0.39 is 0 Å². The molecule has 0 aromatic heterocycles. The Morgan fingerprint density at radius 2 is 1.23 bits per heavy atom. The van der Waals surface area contributed by atoms with Crippen LogP contribution < -0.4 is 10.1 Å². The summed E-state index contributed by atoms with van der Waals surface area (Å²) in [5, 5.41) is 3.60. The monoisotopic (exact) mass is 345 g/mol. The molecule has 3 rings (SSSR count). The minimum absolute atomic E-state index is 0.308. The van der Waals surface area contributed by atoms with Gasteiger partial charge in [-0.1, -0.05) is 78.9 Å². The quantitative estimate of drug-likeness (QED) is 0.571. The second-order valence-electron chi connectivity index (χ2n) is 6.64. The summed E-state index contributed by atoms with van der Waals surface area (Å²) in [5.41, 5.74) is 2.74. The molecule has 0 aliphatic carbocycles. The van der Waals surface area contributed by atoms with Crippen LogP contribution in [0.25, 0.3) is 0 Å². The molecule has 1 unspecified atom stereocenters. The molecule has 0 amide bonds. The van der Waals surface area contributed by atoms with Gasteiger partial charge in [-0.3, -0.25) is 0 Å². The molecular formula is C24H27NO. The maximum atomic E-state index is 5.83. The van der Waals surface area contributed by atoms with Gasteiger partial charge in [-0.05, 0) is 43.1 Å². The van der Waals surface area contributed by atoms with E-state index in [1.165, 1.54) is 11.1 Å². The smallest absolute Gasteiger partial charge is 0.119 e. The largest absolute Gasteiger partial charge is 0.492 e. The predicted octanol–water partition coefficient (Wildman–Crippen LogP) is 5.27. The molecule has 2 nitrogen and oxygen atoms in total. The van der Waals surface area contributed by atoms with E-state index in [9.17, 15) is 0 Å². The summed E-state index contributed by atoms with van der Waals surface area (Å²) in [5.74, 6) is 1.33. The zero-order valence-electron chi connectivity index (χ0n) is 15.3. The summed E-state index contributed by atoms with van der Waals surface area (Å²) in [7, 11) is 0. The van der Waals surface area contributed by atoms with Gasteiger partial charge < -0.3 is 10.1 Å². The summed E-state index contributed by atoms with van der Waals surface area (Å²) >= 11 is 0. The Morgan fingerprint density at radius 3 is 1.77 bits per heavy atom. The van der Waals surface area contributed by atoms with Crippen LogP contribution in [0.5, 0.6) is 5.75 Å². The molecule has 0 saturated carbocycles. The van der Waals surface area contributed by atoms with Gasteiger partial charge in [-0.25, -0.2) is 0 Å². The van der Waals surface area contributed by atoms with Crippen molar-refractivity contribution in [2.24, 2.45) is 0 Å². The molecular weight excluding hydrogens is 318 g/mol. The average Bonchev–Trinajstić information content (AvgIpc) is 2.72. The number of rotatable bonds is 9. The summed E-state index contributed by atoms with van der Waals surface area (Å²) in [6.07, 6.45) is 1.06. The Morgan fingerprint density at radius 1 is 0.731 bits per heavy atom. The van der Waals surface area contributed by atoms with Crippen molar-refractivity contribution in [1.82, 2.24) is 5.32 Å². The molecule has 134 valence electrons. The molecule has 0 radical (unpaired) electrons. The number of benzene rings is 3. The molecule has 0 fully saturated rings. The lowest BCUT2D eigenvalue weighted by Gasteiger charge is -2.20. The van der Waals surface area contributed by atoms with Crippen molar-refractivity contribution in [2.45, 2.75) is 25.3 Å². The average molecular weight is 345 g/mol. The minimum atomic E-state index is 0.308. The standard InChI is InChI=1S/C24H27NO/c1-20(19-26-23-15-9-4-10-16-23)25-18-17-24(21-11-5-2-6-12-21)22-13-7-3-8-14-22/h2-16,20,24-25H,17-19H2,1H3. The first-order valence-electron chi connectivity index (χ1n) is 9.34. The number of ether oxygens (including phenoxy) is 1. The lowest BCUT2D eigenvalue weighted by Crippen LogP contribution is -2.33. The number of hydrogen-bond acceptors (Lipinski definition) is 2. The fourth-order valence-electron chi connectivity index (χ4n) is 3.17. The molecule has 26 heavy (non-hydrogen) atoms. The second kappa shape index (κ2) is 9.79. The third-order valence-corrected chi connectivity index (χ3v) is 4.57. The van der Waals surface area contributed by atoms with E-state index in [0.29, 0.717) is 18.6 Å². The highest BCUT2D eigenvalue weighted by atomic mass is 16.5. The van der Waals surface area contributed by atoms with E-state index in [4.69, 9.17) is 4.74 Å². The Kier molecular flexibility index (Phi) is 6.86. The molecule has 0 saturated heterocycles. The van der Waals surface area contributed by atoms with Crippen LogP contribution in [0.15, 0.2) is 91.0 Å². The van der Waals surface area contributed by atoms with Gasteiger partial charge in [0.15, 0.2) is 0 Å². The first-order chi connectivity index (χ1) is 12.8. The van der Waals surface area contributed by atoms with Gasteiger partial charge >= 0.3 is 0 Å². The van der Waals surface area contributed by atoms with Gasteiger partial charge in [0, 0.05) is 12.0 Å². The van der Waals surface area contributed by atoms with E-state index in [2.05, 4.69) is 72.9 Å². The number of para-hydroxylation sites is 1. The zero-order valence-corrected chi connectivity index (χ0v) is 15.3. The van der Waals surface area contributed by atoms with E-state index in [1.807, 2.05) is 30.3 Å². The molecule has 1 atom stereocenters. The van der Waals surface area contributed by atoms with Crippen LogP contribution >= 0.6 is 0 Å². The number of hydrogen-bond donors (Lipinski definition) is 1. The van der Waals surface area contributed by atoms with Crippen LogP contribution in [0.4, 0.5) is 0 Å². The maximum absolute atomic E-state index is 5.83.